The second-order valence-electron chi connectivity index (χ2n) is 3.65. The number of carbonyl (C=O) groups excluding carboxylic acids is 2. The third-order valence-corrected chi connectivity index (χ3v) is 2.52. The minimum Gasteiger partial charge on any atom is -0.463 e. The van der Waals surface area contributed by atoms with E-state index >= 15 is 0 Å². The molecule has 2 rings (SSSR count). The molecule has 0 radical (unpaired) electrons. The second-order valence-corrected chi connectivity index (χ2v) is 3.65. The van der Waals surface area contributed by atoms with Crippen LogP contribution >= 0.6 is 0 Å². The van der Waals surface area contributed by atoms with E-state index in [1.54, 1.807) is 0 Å². The summed E-state index contributed by atoms with van der Waals surface area (Å²) < 4.78 is 14.7. The zero-order valence-corrected chi connectivity index (χ0v) is 9.39. The predicted octanol–water partition coefficient (Wildman–Crippen LogP) is 1.18. The fourth-order valence-electron chi connectivity index (χ4n) is 1.66. The summed E-state index contributed by atoms with van der Waals surface area (Å²) in [5.41, 5.74) is 0.303. The summed E-state index contributed by atoms with van der Waals surface area (Å²) in [7, 11) is 1.25. The third-order valence-electron chi connectivity index (χ3n) is 2.52. The van der Waals surface area contributed by atoms with Crippen molar-refractivity contribution in [1.29, 1.82) is 0 Å². The molecule has 6 heteroatoms. The van der Waals surface area contributed by atoms with Gasteiger partial charge in [0.25, 0.3) is 5.91 Å². The minimum absolute atomic E-state index is 0.0150. The van der Waals surface area contributed by atoms with Crippen molar-refractivity contribution in [2.24, 2.45) is 0 Å². The molecule has 0 saturated carbocycles. The molecule has 1 amide bonds. The molecule has 1 aromatic heterocycles. The van der Waals surface area contributed by atoms with Gasteiger partial charge in [-0.1, -0.05) is 0 Å². The van der Waals surface area contributed by atoms with Crippen molar-refractivity contribution in [2.45, 2.75) is 18.9 Å². The number of carbonyl (C=O) groups is 2. The van der Waals surface area contributed by atoms with Crippen LogP contribution < -0.4 is 5.32 Å². The van der Waals surface area contributed by atoms with Crippen molar-refractivity contribution in [3.05, 3.63) is 18.1 Å². The van der Waals surface area contributed by atoms with E-state index in [2.05, 4.69) is 10.1 Å². The molecule has 0 aliphatic carbocycles. The lowest BCUT2D eigenvalue weighted by Crippen LogP contribution is -2.27. The highest BCUT2D eigenvalue weighted by molar-refractivity contribution is 6.00. The average molecular weight is 239 g/mol. The van der Waals surface area contributed by atoms with Crippen molar-refractivity contribution in [3.8, 4) is 0 Å². The smallest absolute Gasteiger partial charge is 0.376 e. The number of nitrogens with one attached hydrogen (secondary N) is 1. The summed E-state index contributed by atoms with van der Waals surface area (Å²) in [5, 5.41) is 2.59. The first-order valence-electron chi connectivity index (χ1n) is 5.30. The molecular formula is C11H13NO5. The summed E-state index contributed by atoms with van der Waals surface area (Å²) >= 11 is 0. The van der Waals surface area contributed by atoms with Crippen molar-refractivity contribution < 1.29 is 23.5 Å². The average Bonchev–Trinajstić information content (AvgIpc) is 2.98. The van der Waals surface area contributed by atoms with Crippen LogP contribution in [-0.2, 0) is 14.3 Å². The Kier molecular flexibility index (Phi) is 3.43. The lowest BCUT2D eigenvalue weighted by Gasteiger charge is -2.09. The molecule has 0 unspecified atom stereocenters. The van der Waals surface area contributed by atoms with Crippen LogP contribution in [0.1, 0.15) is 23.4 Å². The number of esters is 1. The fraction of sp³-hybridized carbons (Fsp3) is 0.455. The molecule has 1 aliphatic heterocycles. The topological polar surface area (TPSA) is 77.8 Å². The maximum absolute atomic E-state index is 11.7. The summed E-state index contributed by atoms with van der Waals surface area (Å²) in [4.78, 5) is 23.0. The van der Waals surface area contributed by atoms with Gasteiger partial charge in [-0.25, -0.2) is 4.79 Å². The van der Waals surface area contributed by atoms with Gasteiger partial charge in [0.05, 0.1) is 19.1 Å². The molecule has 0 spiro atoms. The van der Waals surface area contributed by atoms with Crippen LogP contribution in [-0.4, -0.2) is 31.7 Å². The van der Waals surface area contributed by atoms with E-state index in [0.29, 0.717) is 18.7 Å². The summed E-state index contributed by atoms with van der Waals surface area (Å²) in [6.45, 7) is 0.591. The number of anilines is 1. The first kappa shape index (κ1) is 11.7. The van der Waals surface area contributed by atoms with E-state index in [-0.39, 0.29) is 11.7 Å². The highest BCUT2D eigenvalue weighted by Gasteiger charge is 2.26. The first-order chi connectivity index (χ1) is 8.22. The second kappa shape index (κ2) is 5.01. The molecule has 2 heterocycles. The summed E-state index contributed by atoms with van der Waals surface area (Å²) in [5.74, 6) is -0.912. The number of hydrogen-bond acceptors (Lipinski definition) is 5. The molecule has 1 aliphatic rings. The molecule has 1 N–H and O–H groups in total. The summed E-state index contributed by atoms with van der Waals surface area (Å²) in [6.07, 6.45) is 2.43. The number of methoxy groups -OCH3 is 1. The summed E-state index contributed by atoms with van der Waals surface area (Å²) in [6, 6.07) is 1.50. The van der Waals surface area contributed by atoms with Gasteiger partial charge in [0.2, 0.25) is 5.76 Å². The zero-order valence-electron chi connectivity index (χ0n) is 9.39. The number of rotatable bonds is 3. The van der Waals surface area contributed by atoms with Crippen LogP contribution in [0.15, 0.2) is 16.7 Å². The molecule has 1 saturated heterocycles. The van der Waals surface area contributed by atoms with Crippen molar-refractivity contribution in [1.82, 2.24) is 0 Å². The molecule has 1 atom stereocenters. The van der Waals surface area contributed by atoms with Crippen LogP contribution in [0.25, 0.3) is 0 Å². The predicted molar refractivity (Wildman–Crippen MR) is 57.7 cm³/mol. The van der Waals surface area contributed by atoms with Crippen LogP contribution in [0.4, 0.5) is 5.69 Å². The first-order valence-corrected chi connectivity index (χ1v) is 5.30. The molecule has 1 aromatic rings. The van der Waals surface area contributed by atoms with Gasteiger partial charge in [-0.2, -0.15) is 0 Å². The van der Waals surface area contributed by atoms with Gasteiger partial charge in [0.15, 0.2) is 0 Å². The Labute approximate surface area is 97.9 Å². The van der Waals surface area contributed by atoms with Crippen LogP contribution in [0.2, 0.25) is 0 Å². The van der Waals surface area contributed by atoms with Crippen molar-refractivity contribution in [3.63, 3.8) is 0 Å². The highest BCUT2D eigenvalue weighted by atomic mass is 16.5. The van der Waals surface area contributed by atoms with E-state index in [1.165, 1.54) is 19.4 Å². The zero-order chi connectivity index (χ0) is 12.3. The Hall–Kier alpha value is -1.82. The maximum Gasteiger partial charge on any atom is 0.376 e. The quantitative estimate of drug-likeness (QED) is 0.801. The van der Waals surface area contributed by atoms with E-state index < -0.39 is 12.1 Å². The third kappa shape index (κ3) is 2.47. The Morgan fingerprint density at radius 2 is 2.35 bits per heavy atom. The Balaban J connectivity index is 2.05. The van der Waals surface area contributed by atoms with Crippen LogP contribution in [0.5, 0.6) is 0 Å². The van der Waals surface area contributed by atoms with Crippen molar-refractivity contribution >= 4 is 17.6 Å². The standard InChI is InChI=1S/C11H13NO5/c1-15-11(14)9-7(4-6-17-9)12-10(13)8-3-2-5-16-8/h4,6,8H,2-3,5H2,1H3,(H,12,13)/t8-/m1/s1. The van der Waals surface area contributed by atoms with Crippen LogP contribution in [0.3, 0.4) is 0 Å². The minimum atomic E-state index is -0.627. The number of hydrogen-bond donors (Lipinski definition) is 1. The van der Waals surface area contributed by atoms with Crippen molar-refractivity contribution in [2.75, 3.05) is 19.0 Å². The maximum atomic E-state index is 11.7. The molecule has 0 aromatic carbocycles. The van der Waals surface area contributed by atoms with Gasteiger partial charge in [-0.05, 0) is 12.8 Å². The van der Waals surface area contributed by atoms with Gasteiger partial charge in [-0.3, -0.25) is 4.79 Å². The van der Waals surface area contributed by atoms with E-state index in [4.69, 9.17) is 9.15 Å². The lowest BCUT2D eigenvalue weighted by molar-refractivity contribution is -0.124. The van der Waals surface area contributed by atoms with Gasteiger partial charge in [0.1, 0.15) is 6.10 Å². The molecular weight excluding hydrogens is 226 g/mol. The lowest BCUT2D eigenvalue weighted by atomic mass is 10.2. The molecule has 1 fully saturated rings. The van der Waals surface area contributed by atoms with E-state index in [0.717, 1.165) is 6.42 Å². The Morgan fingerprint density at radius 3 is 3.00 bits per heavy atom. The fourth-order valence-corrected chi connectivity index (χ4v) is 1.66. The largest absolute Gasteiger partial charge is 0.463 e. The van der Waals surface area contributed by atoms with Gasteiger partial charge < -0.3 is 19.2 Å². The molecule has 6 nitrogen and oxygen atoms in total. The normalized spacial score (nSPS) is 19.0. The SMILES string of the molecule is COC(=O)c1occc1NC(=O)[C@H]1CCCO1. The highest BCUT2D eigenvalue weighted by Crippen LogP contribution is 2.20. The molecule has 92 valence electrons. The molecule has 0 bridgehead atoms. The van der Waals surface area contributed by atoms with E-state index in [9.17, 15) is 9.59 Å². The Morgan fingerprint density at radius 1 is 1.53 bits per heavy atom. The monoisotopic (exact) mass is 239 g/mol. The molecule has 17 heavy (non-hydrogen) atoms. The van der Waals surface area contributed by atoms with Crippen LogP contribution in [0, 0.1) is 0 Å². The van der Waals surface area contributed by atoms with Gasteiger partial charge in [0, 0.05) is 12.7 Å². The van der Waals surface area contributed by atoms with Gasteiger partial charge >= 0.3 is 5.97 Å². The van der Waals surface area contributed by atoms with E-state index in [1.807, 2.05) is 0 Å². The Bertz CT molecular complexity index is 419. The number of furan rings is 1. The number of ether oxygens (including phenoxy) is 2. The van der Waals surface area contributed by atoms with Gasteiger partial charge in [-0.15, -0.1) is 0 Å². The number of amides is 1.